The highest BCUT2D eigenvalue weighted by Crippen LogP contribution is 2.37. The van der Waals surface area contributed by atoms with Gasteiger partial charge in [0.1, 0.15) is 11.9 Å². The standard InChI is InChI=1S/C38H46N6O4/c1-25(2)30-20-39-34(40-21-30)24-42-15-11-28(12-16-42)27-5-3-26(4-6-27)22-43-17-13-38(48,14-18-43)31-7-8-32-29(19-31)23-44(37(32)47)33-9-10-35(45)41-36(33)46/h3-8,19-21,25,28,33,48H,9-18,22-24H2,1-2H3,(H,41,45,46). The molecule has 0 spiro atoms. The number of carbonyl (C=O) groups is 3. The van der Waals surface area contributed by atoms with Crippen molar-refractivity contribution in [2.75, 3.05) is 26.2 Å². The van der Waals surface area contributed by atoms with E-state index in [-0.39, 0.29) is 18.2 Å². The van der Waals surface area contributed by atoms with E-state index in [4.69, 9.17) is 0 Å². The van der Waals surface area contributed by atoms with Gasteiger partial charge in [-0.3, -0.25) is 29.5 Å². The second-order valence-corrected chi connectivity index (χ2v) is 14.5. The monoisotopic (exact) mass is 650 g/mol. The van der Waals surface area contributed by atoms with Crippen LogP contribution in [0.4, 0.5) is 0 Å². The summed E-state index contributed by atoms with van der Waals surface area (Å²) in [4.78, 5) is 52.7. The van der Waals surface area contributed by atoms with Crippen LogP contribution in [0.5, 0.6) is 0 Å². The number of hydrogen-bond acceptors (Lipinski definition) is 8. The van der Waals surface area contributed by atoms with Gasteiger partial charge in [0.25, 0.3) is 5.91 Å². The van der Waals surface area contributed by atoms with Gasteiger partial charge in [0, 0.05) is 50.6 Å². The number of likely N-dealkylation sites (tertiary alicyclic amines) is 2. The van der Waals surface area contributed by atoms with Crippen LogP contribution in [0.25, 0.3) is 0 Å². The fourth-order valence-corrected chi connectivity index (χ4v) is 7.76. The Morgan fingerprint density at radius 1 is 0.896 bits per heavy atom. The second kappa shape index (κ2) is 13.5. The van der Waals surface area contributed by atoms with E-state index in [0.717, 1.165) is 69.1 Å². The average Bonchev–Trinajstić information content (AvgIpc) is 3.42. The van der Waals surface area contributed by atoms with Crippen LogP contribution in [0.3, 0.4) is 0 Å². The lowest BCUT2D eigenvalue weighted by molar-refractivity contribution is -0.136. The lowest BCUT2D eigenvalue weighted by Crippen LogP contribution is -2.52. The smallest absolute Gasteiger partial charge is 0.255 e. The van der Waals surface area contributed by atoms with E-state index in [0.29, 0.717) is 43.2 Å². The lowest BCUT2D eigenvalue weighted by Gasteiger charge is -2.38. The summed E-state index contributed by atoms with van der Waals surface area (Å²) >= 11 is 0. The fraction of sp³-hybridized carbons (Fsp3) is 0.500. The highest BCUT2D eigenvalue weighted by Gasteiger charge is 2.41. The molecule has 3 amide bonds. The third-order valence-corrected chi connectivity index (χ3v) is 10.9. The summed E-state index contributed by atoms with van der Waals surface area (Å²) in [6.07, 6.45) is 7.99. The van der Waals surface area contributed by atoms with Gasteiger partial charge in [-0.1, -0.05) is 50.2 Å². The zero-order chi connectivity index (χ0) is 33.4. The Hall–Kier alpha value is -3.99. The first-order chi connectivity index (χ1) is 23.1. The largest absolute Gasteiger partial charge is 0.385 e. The van der Waals surface area contributed by atoms with E-state index in [1.54, 1.807) is 11.0 Å². The predicted octanol–water partition coefficient (Wildman–Crippen LogP) is 4.22. The molecule has 2 aromatic carbocycles. The number of benzene rings is 2. The number of amides is 3. The van der Waals surface area contributed by atoms with Crippen LogP contribution >= 0.6 is 0 Å². The predicted molar refractivity (Wildman–Crippen MR) is 181 cm³/mol. The molecule has 7 rings (SSSR count). The Kier molecular flexibility index (Phi) is 9.15. The molecule has 10 nitrogen and oxygen atoms in total. The van der Waals surface area contributed by atoms with Gasteiger partial charge in [-0.2, -0.15) is 0 Å². The van der Waals surface area contributed by atoms with Crippen LogP contribution in [0.15, 0.2) is 54.9 Å². The summed E-state index contributed by atoms with van der Waals surface area (Å²) < 4.78 is 0. The number of fused-ring (bicyclic) bond motifs is 1. The first-order valence-corrected chi connectivity index (χ1v) is 17.5. The molecule has 1 atom stereocenters. The zero-order valence-corrected chi connectivity index (χ0v) is 28.0. The molecule has 4 aliphatic heterocycles. The Bertz CT molecular complexity index is 1660. The van der Waals surface area contributed by atoms with Crippen LogP contribution in [0, 0.1) is 0 Å². The number of aromatic nitrogens is 2. The van der Waals surface area contributed by atoms with Gasteiger partial charge >= 0.3 is 0 Å². The Morgan fingerprint density at radius 3 is 2.25 bits per heavy atom. The van der Waals surface area contributed by atoms with Crippen molar-refractivity contribution >= 4 is 17.7 Å². The summed E-state index contributed by atoms with van der Waals surface area (Å²) in [5.41, 5.74) is 5.14. The van der Waals surface area contributed by atoms with Crippen molar-refractivity contribution in [1.29, 1.82) is 0 Å². The van der Waals surface area contributed by atoms with Gasteiger partial charge in [0.15, 0.2) is 0 Å². The Labute approximate surface area is 282 Å². The fourth-order valence-electron chi connectivity index (χ4n) is 7.76. The molecular formula is C38H46N6O4. The number of rotatable bonds is 8. The van der Waals surface area contributed by atoms with Crippen molar-refractivity contribution in [3.05, 3.63) is 94.1 Å². The van der Waals surface area contributed by atoms with Crippen molar-refractivity contribution in [2.45, 2.75) is 95.5 Å². The molecule has 10 heteroatoms. The van der Waals surface area contributed by atoms with Gasteiger partial charge in [-0.15, -0.1) is 0 Å². The molecular weight excluding hydrogens is 604 g/mol. The summed E-state index contributed by atoms with van der Waals surface area (Å²) in [5.74, 6) is 1.02. The van der Waals surface area contributed by atoms with Crippen LogP contribution in [-0.2, 0) is 34.8 Å². The van der Waals surface area contributed by atoms with E-state index in [1.165, 1.54) is 16.7 Å². The summed E-state index contributed by atoms with van der Waals surface area (Å²) in [7, 11) is 0. The van der Waals surface area contributed by atoms with Crippen molar-refractivity contribution in [2.24, 2.45) is 0 Å². The first kappa shape index (κ1) is 32.6. The van der Waals surface area contributed by atoms with E-state index in [9.17, 15) is 19.5 Å². The van der Waals surface area contributed by atoms with Crippen LogP contribution < -0.4 is 5.32 Å². The number of imide groups is 1. The van der Waals surface area contributed by atoms with Gasteiger partial charge < -0.3 is 10.0 Å². The number of aliphatic hydroxyl groups is 1. The third kappa shape index (κ3) is 6.79. The van der Waals surface area contributed by atoms with Gasteiger partial charge in [-0.25, -0.2) is 9.97 Å². The number of nitrogens with one attached hydrogen (secondary N) is 1. The molecule has 0 bridgehead atoms. The maximum absolute atomic E-state index is 13.1. The molecule has 3 aromatic rings. The molecule has 2 N–H and O–H groups in total. The minimum Gasteiger partial charge on any atom is -0.385 e. The quantitative estimate of drug-likeness (QED) is 0.348. The molecule has 48 heavy (non-hydrogen) atoms. The number of piperidine rings is 3. The molecule has 1 unspecified atom stereocenters. The van der Waals surface area contributed by atoms with Gasteiger partial charge in [0.05, 0.1) is 12.1 Å². The second-order valence-electron chi connectivity index (χ2n) is 14.5. The van der Waals surface area contributed by atoms with Gasteiger partial charge in [0.2, 0.25) is 11.8 Å². The van der Waals surface area contributed by atoms with Gasteiger partial charge in [-0.05, 0) is 90.9 Å². The SMILES string of the molecule is CC(C)c1cnc(CN2CCC(c3ccc(CN4CCC(O)(c5ccc6c(c5)CN(C5CCC(=O)NC5=O)C6=O)CC4)cc3)CC2)nc1. The highest BCUT2D eigenvalue weighted by atomic mass is 16.3. The number of hydrogen-bond donors (Lipinski definition) is 2. The maximum atomic E-state index is 13.1. The third-order valence-electron chi connectivity index (χ3n) is 10.9. The van der Waals surface area contributed by atoms with E-state index in [2.05, 4.69) is 63.2 Å². The van der Waals surface area contributed by atoms with Crippen molar-refractivity contribution in [3.8, 4) is 0 Å². The normalized spacial score (nSPS) is 22.3. The van der Waals surface area contributed by atoms with E-state index >= 15 is 0 Å². The first-order valence-electron chi connectivity index (χ1n) is 17.5. The summed E-state index contributed by atoms with van der Waals surface area (Å²) in [6.45, 7) is 9.96. The molecule has 5 heterocycles. The van der Waals surface area contributed by atoms with Crippen molar-refractivity contribution < 1.29 is 19.5 Å². The molecule has 0 radical (unpaired) electrons. The van der Waals surface area contributed by atoms with Crippen LogP contribution in [0.2, 0.25) is 0 Å². The minimum absolute atomic E-state index is 0.192. The molecule has 3 fully saturated rings. The van der Waals surface area contributed by atoms with Crippen molar-refractivity contribution in [1.82, 2.24) is 30.0 Å². The molecule has 252 valence electrons. The van der Waals surface area contributed by atoms with Crippen LogP contribution in [0.1, 0.15) is 108 Å². The summed E-state index contributed by atoms with van der Waals surface area (Å²) in [5, 5.41) is 14.0. The zero-order valence-electron chi connectivity index (χ0n) is 28.0. The molecule has 0 saturated carbocycles. The Balaban J connectivity index is 0.890. The topological polar surface area (TPSA) is 119 Å². The van der Waals surface area contributed by atoms with Crippen LogP contribution in [-0.4, -0.2) is 79.7 Å². The molecule has 1 aromatic heterocycles. The molecule has 0 aliphatic carbocycles. The molecule has 4 aliphatic rings. The maximum Gasteiger partial charge on any atom is 0.255 e. The van der Waals surface area contributed by atoms with Crippen molar-refractivity contribution in [3.63, 3.8) is 0 Å². The number of carbonyl (C=O) groups excluding carboxylic acids is 3. The molecule has 3 saturated heterocycles. The average molecular weight is 651 g/mol. The number of nitrogens with zero attached hydrogens (tertiary/aromatic N) is 5. The van der Waals surface area contributed by atoms with E-state index in [1.807, 2.05) is 24.5 Å². The summed E-state index contributed by atoms with van der Waals surface area (Å²) in [6, 6.07) is 14.1. The minimum atomic E-state index is -0.959. The van der Waals surface area contributed by atoms with E-state index < -0.39 is 17.6 Å². The highest BCUT2D eigenvalue weighted by molar-refractivity contribution is 6.05. The lowest BCUT2D eigenvalue weighted by atomic mass is 9.83. The Morgan fingerprint density at radius 2 is 1.58 bits per heavy atom.